The fraction of sp³-hybridized carbons (Fsp3) is 0.167. The monoisotopic (exact) mass is 455 g/mol. The molecule has 0 saturated carbocycles. The van der Waals surface area contributed by atoms with E-state index in [1.54, 1.807) is 42.5 Å². The quantitative estimate of drug-likeness (QED) is 0.444. The van der Waals surface area contributed by atoms with Gasteiger partial charge >= 0.3 is 12.6 Å². The van der Waals surface area contributed by atoms with Gasteiger partial charge in [-0.25, -0.2) is 4.79 Å². The van der Waals surface area contributed by atoms with Crippen molar-refractivity contribution in [1.29, 1.82) is 0 Å². The molecule has 0 aromatic heterocycles. The predicted octanol–water partition coefficient (Wildman–Crippen LogP) is 5.03. The van der Waals surface area contributed by atoms with E-state index in [4.69, 9.17) is 4.74 Å². The summed E-state index contributed by atoms with van der Waals surface area (Å²) in [4.78, 5) is 24.3. The lowest BCUT2D eigenvalue weighted by molar-refractivity contribution is -0.115. The van der Waals surface area contributed by atoms with Gasteiger partial charge in [0.25, 0.3) is 0 Å². The van der Waals surface area contributed by atoms with E-state index in [0.717, 1.165) is 5.56 Å². The predicted molar refractivity (Wildman–Crippen MR) is 122 cm³/mol. The van der Waals surface area contributed by atoms with Crippen LogP contribution in [0.4, 0.5) is 25.0 Å². The van der Waals surface area contributed by atoms with Crippen LogP contribution in [0.2, 0.25) is 0 Å². The van der Waals surface area contributed by atoms with Gasteiger partial charge in [0.2, 0.25) is 5.91 Å². The molecule has 0 bridgehead atoms. The van der Waals surface area contributed by atoms with Crippen LogP contribution < -0.4 is 25.4 Å². The molecule has 0 radical (unpaired) electrons. The van der Waals surface area contributed by atoms with Crippen LogP contribution in [-0.4, -0.2) is 32.2 Å². The van der Waals surface area contributed by atoms with Gasteiger partial charge < -0.3 is 25.4 Å². The van der Waals surface area contributed by atoms with Crippen LogP contribution in [0.1, 0.15) is 5.56 Å². The Labute approximate surface area is 189 Å². The Morgan fingerprint density at radius 3 is 2.33 bits per heavy atom. The standard InChI is InChI=1S/C24H23F2N3O4/c1-15-4-3-5-17(12-15)29-24(31)27-14-22(30)28-18-8-11-21(33-23(25)26)20(13-18)16-6-9-19(32-2)10-7-16/h3-13,23H,14H2,1-2H3,(H,28,30)(H2,27,29,31). The van der Waals surface area contributed by atoms with Crippen LogP contribution in [0.25, 0.3) is 11.1 Å². The van der Waals surface area contributed by atoms with E-state index in [1.165, 1.54) is 25.3 Å². The molecular weight excluding hydrogens is 432 g/mol. The van der Waals surface area contributed by atoms with E-state index < -0.39 is 18.5 Å². The zero-order valence-electron chi connectivity index (χ0n) is 18.0. The molecule has 33 heavy (non-hydrogen) atoms. The van der Waals surface area contributed by atoms with Crippen LogP contribution in [-0.2, 0) is 4.79 Å². The number of nitrogens with one attached hydrogen (secondary N) is 3. The average molecular weight is 455 g/mol. The highest BCUT2D eigenvalue weighted by Crippen LogP contribution is 2.34. The molecule has 3 rings (SSSR count). The van der Waals surface area contributed by atoms with Crippen LogP contribution in [0.5, 0.6) is 11.5 Å². The van der Waals surface area contributed by atoms with E-state index >= 15 is 0 Å². The minimum atomic E-state index is -3.00. The zero-order chi connectivity index (χ0) is 23.8. The topological polar surface area (TPSA) is 88.7 Å². The number of ether oxygens (including phenoxy) is 2. The molecular formula is C24H23F2N3O4. The molecule has 9 heteroatoms. The highest BCUT2D eigenvalue weighted by Gasteiger charge is 2.14. The number of aryl methyl sites for hydroxylation is 1. The normalized spacial score (nSPS) is 10.5. The Kier molecular flexibility index (Phi) is 7.80. The van der Waals surface area contributed by atoms with Crippen molar-refractivity contribution in [3.8, 4) is 22.6 Å². The van der Waals surface area contributed by atoms with E-state index in [0.29, 0.717) is 28.3 Å². The van der Waals surface area contributed by atoms with Crippen molar-refractivity contribution in [1.82, 2.24) is 5.32 Å². The zero-order valence-corrected chi connectivity index (χ0v) is 18.0. The largest absolute Gasteiger partial charge is 0.497 e. The van der Waals surface area contributed by atoms with E-state index in [-0.39, 0.29) is 12.3 Å². The Bertz CT molecular complexity index is 1120. The molecule has 172 valence electrons. The molecule has 0 aliphatic carbocycles. The second kappa shape index (κ2) is 10.9. The van der Waals surface area contributed by atoms with Crippen LogP contribution in [0.3, 0.4) is 0 Å². The van der Waals surface area contributed by atoms with Gasteiger partial charge in [0, 0.05) is 16.9 Å². The summed E-state index contributed by atoms with van der Waals surface area (Å²) in [6.07, 6.45) is 0. The van der Waals surface area contributed by atoms with Gasteiger partial charge in [-0.2, -0.15) is 8.78 Å². The van der Waals surface area contributed by atoms with Crippen molar-refractivity contribution in [3.63, 3.8) is 0 Å². The number of halogens is 2. The van der Waals surface area contributed by atoms with E-state index in [2.05, 4.69) is 20.7 Å². The van der Waals surface area contributed by atoms with Gasteiger partial charge in [0.15, 0.2) is 0 Å². The Morgan fingerprint density at radius 1 is 0.939 bits per heavy atom. The first-order chi connectivity index (χ1) is 15.8. The summed E-state index contributed by atoms with van der Waals surface area (Å²) >= 11 is 0. The maximum Gasteiger partial charge on any atom is 0.387 e. The number of urea groups is 1. The molecule has 0 heterocycles. The number of carbonyl (C=O) groups excluding carboxylic acids is 2. The first kappa shape index (κ1) is 23.5. The molecule has 3 amide bonds. The molecule has 0 unspecified atom stereocenters. The third-order valence-corrected chi connectivity index (χ3v) is 4.57. The second-order valence-electron chi connectivity index (χ2n) is 7.04. The molecule has 3 N–H and O–H groups in total. The molecule has 0 aliphatic rings. The van der Waals surface area contributed by atoms with Crippen molar-refractivity contribution >= 4 is 23.3 Å². The van der Waals surface area contributed by atoms with Crippen molar-refractivity contribution in [2.75, 3.05) is 24.3 Å². The molecule has 0 saturated heterocycles. The SMILES string of the molecule is COc1ccc(-c2cc(NC(=O)CNC(=O)Nc3cccc(C)c3)ccc2OC(F)F)cc1. The summed E-state index contributed by atoms with van der Waals surface area (Å²) in [5.41, 5.74) is 2.90. The van der Waals surface area contributed by atoms with E-state index in [9.17, 15) is 18.4 Å². The summed E-state index contributed by atoms with van der Waals surface area (Å²) in [7, 11) is 1.52. The van der Waals surface area contributed by atoms with Crippen LogP contribution in [0, 0.1) is 6.92 Å². The van der Waals surface area contributed by atoms with Crippen molar-refractivity contribution in [2.45, 2.75) is 13.5 Å². The highest BCUT2D eigenvalue weighted by molar-refractivity contribution is 5.97. The molecule has 0 aliphatic heterocycles. The van der Waals surface area contributed by atoms with Crippen molar-refractivity contribution in [3.05, 3.63) is 72.3 Å². The van der Waals surface area contributed by atoms with Gasteiger partial charge in [-0.05, 0) is 60.5 Å². The lowest BCUT2D eigenvalue weighted by Gasteiger charge is -2.14. The highest BCUT2D eigenvalue weighted by atomic mass is 19.3. The molecule has 3 aromatic carbocycles. The molecule has 0 fully saturated rings. The van der Waals surface area contributed by atoms with Crippen LogP contribution in [0.15, 0.2) is 66.7 Å². The first-order valence-electron chi connectivity index (χ1n) is 9.98. The number of hydrogen-bond acceptors (Lipinski definition) is 4. The molecule has 0 atom stereocenters. The number of amides is 3. The lowest BCUT2D eigenvalue weighted by atomic mass is 10.0. The fourth-order valence-electron chi connectivity index (χ4n) is 3.07. The third-order valence-electron chi connectivity index (χ3n) is 4.57. The number of carbonyl (C=O) groups is 2. The van der Waals surface area contributed by atoms with Crippen molar-refractivity contribution in [2.24, 2.45) is 0 Å². The second-order valence-corrected chi connectivity index (χ2v) is 7.04. The Hall–Kier alpha value is -4.14. The molecule has 3 aromatic rings. The van der Waals surface area contributed by atoms with Gasteiger partial charge in [-0.3, -0.25) is 4.79 Å². The van der Waals surface area contributed by atoms with Crippen LogP contribution >= 0.6 is 0 Å². The minimum absolute atomic E-state index is 0.0381. The van der Waals surface area contributed by atoms with Gasteiger partial charge in [-0.15, -0.1) is 0 Å². The average Bonchev–Trinajstić information content (AvgIpc) is 2.78. The fourth-order valence-corrected chi connectivity index (χ4v) is 3.07. The number of methoxy groups -OCH3 is 1. The number of benzene rings is 3. The third kappa shape index (κ3) is 6.93. The minimum Gasteiger partial charge on any atom is -0.497 e. The number of hydrogen-bond donors (Lipinski definition) is 3. The van der Waals surface area contributed by atoms with E-state index in [1.807, 2.05) is 13.0 Å². The summed E-state index contributed by atoms with van der Waals surface area (Å²) in [6.45, 7) is -1.39. The Balaban J connectivity index is 1.66. The molecule has 7 nitrogen and oxygen atoms in total. The smallest absolute Gasteiger partial charge is 0.387 e. The number of anilines is 2. The maximum absolute atomic E-state index is 12.8. The summed E-state index contributed by atoms with van der Waals surface area (Å²) in [5.74, 6) is 0.0796. The summed E-state index contributed by atoms with van der Waals surface area (Å²) < 4.78 is 35.4. The van der Waals surface area contributed by atoms with Gasteiger partial charge in [0.1, 0.15) is 11.5 Å². The van der Waals surface area contributed by atoms with Gasteiger partial charge in [-0.1, -0.05) is 24.3 Å². The van der Waals surface area contributed by atoms with Crippen molar-refractivity contribution < 1.29 is 27.8 Å². The maximum atomic E-state index is 12.8. The lowest BCUT2D eigenvalue weighted by Crippen LogP contribution is -2.35. The number of rotatable bonds is 8. The first-order valence-corrected chi connectivity index (χ1v) is 9.98. The molecule has 0 spiro atoms. The number of alkyl halides is 2. The van der Waals surface area contributed by atoms with Gasteiger partial charge in [0.05, 0.1) is 13.7 Å². The Morgan fingerprint density at radius 2 is 1.67 bits per heavy atom. The summed E-state index contributed by atoms with van der Waals surface area (Å²) in [6, 6.07) is 17.7. The summed E-state index contributed by atoms with van der Waals surface area (Å²) in [5, 5.41) is 7.74.